The molecule has 1 rings (SSSR count). The number of ether oxygens (including phenoxy) is 1. The Morgan fingerprint density at radius 3 is 2.41 bits per heavy atom. The molecule has 0 unspecified atom stereocenters. The van der Waals surface area contributed by atoms with Gasteiger partial charge in [-0.25, -0.2) is 9.59 Å². The number of carbonyl (C=O) groups excluding carboxylic acids is 2. The Balaban J connectivity index is 2.53. The maximum absolute atomic E-state index is 11.8. The highest BCUT2D eigenvalue weighted by Crippen LogP contribution is 2.13. The van der Waals surface area contributed by atoms with Gasteiger partial charge >= 0.3 is 17.9 Å². The number of aryl methyl sites for hydroxylation is 1. The highest BCUT2D eigenvalue weighted by molar-refractivity contribution is 5.99. The van der Waals surface area contributed by atoms with Gasteiger partial charge in [-0.2, -0.15) is 0 Å². The van der Waals surface area contributed by atoms with Gasteiger partial charge in [0.25, 0.3) is 0 Å². The number of carboxylic acid groups (broad SMARTS) is 1. The zero-order valence-corrected chi connectivity index (χ0v) is 13.1. The van der Waals surface area contributed by atoms with Crippen LogP contribution in [0.5, 0.6) is 0 Å². The molecule has 1 aromatic rings. The van der Waals surface area contributed by atoms with Crippen molar-refractivity contribution in [2.75, 3.05) is 0 Å². The van der Waals surface area contributed by atoms with Crippen molar-refractivity contribution in [2.24, 2.45) is 0 Å². The van der Waals surface area contributed by atoms with Crippen molar-refractivity contribution in [1.29, 1.82) is 0 Å². The number of benzene rings is 1. The predicted molar refractivity (Wildman–Crippen MR) is 81.9 cm³/mol. The molecule has 1 N–H and O–H groups in total. The number of aromatic carboxylic acids is 1. The van der Waals surface area contributed by atoms with E-state index in [0.717, 1.165) is 25.7 Å². The van der Waals surface area contributed by atoms with E-state index in [1.54, 1.807) is 6.92 Å². The van der Waals surface area contributed by atoms with Gasteiger partial charge < -0.3 is 9.84 Å². The lowest BCUT2D eigenvalue weighted by Crippen LogP contribution is -2.13. The van der Waals surface area contributed by atoms with Crippen LogP contribution in [0, 0.1) is 6.92 Å². The molecule has 120 valence electrons. The van der Waals surface area contributed by atoms with E-state index in [1.165, 1.54) is 18.2 Å². The molecule has 0 saturated carbocycles. The first kappa shape index (κ1) is 17.9. The van der Waals surface area contributed by atoms with Gasteiger partial charge in [-0.1, -0.05) is 38.7 Å². The second-order valence-electron chi connectivity index (χ2n) is 5.26. The van der Waals surface area contributed by atoms with Crippen molar-refractivity contribution in [3.63, 3.8) is 0 Å². The number of unbranched alkanes of at least 4 members (excludes halogenated alkanes) is 4. The molecule has 0 aliphatic rings. The van der Waals surface area contributed by atoms with E-state index in [4.69, 9.17) is 9.84 Å². The van der Waals surface area contributed by atoms with Gasteiger partial charge in [0, 0.05) is 6.42 Å². The van der Waals surface area contributed by atoms with Gasteiger partial charge in [0.05, 0.1) is 11.1 Å². The van der Waals surface area contributed by atoms with Gasteiger partial charge in [0.2, 0.25) is 0 Å². The summed E-state index contributed by atoms with van der Waals surface area (Å²) < 4.78 is 4.75. The fourth-order valence-electron chi connectivity index (χ4n) is 2.07. The van der Waals surface area contributed by atoms with Crippen molar-refractivity contribution >= 4 is 17.9 Å². The quantitative estimate of drug-likeness (QED) is 0.449. The minimum atomic E-state index is -1.12. The molecule has 1 aromatic carbocycles. The van der Waals surface area contributed by atoms with E-state index in [2.05, 4.69) is 6.92 Å². The molecule has 0 heterocycles. The summed E-state index contributed by atoms with van der Waals surface area (Å²) in [5, 5.41) is 9.02. The van der Waals surface area contributed by atoms with Gasteiger partial charge in [-0.3, -0.25) is 4.79 Å². The molecule has 0 spiro atoms. The molecule has 0 saturated heterocycles. The molecule has 0 aliphatic carbocycles. The number of carbonyl (C=O) groups is 3. The number of hydrogen-bond acceptors (Lipinski definition) is 4. The second kappa shape index (κ2) is 8.97. The molecular formula is C17H22O5. The molecule has 5 nitrogen and oxygen atoms in total. The van der Waals surface area contributed by atoms with Crippen LogP contribution in [0.4, 0.5) is 0 Å². The average molecular weight is 306 g/mol. The standard InChI is InChI=1S/C17H22O5/c1-3-4-5-6-7-8-15(18)22-17(21)13-10-9-12(2)14(11-13)16(19)20/h9-11H,3-8H2,1-2H3,(H,19,20). The Labute approximate surface area is 130 Å². The van der Waals surface area contributed by atoms with Crippen molar-refractivity contribution < 1.29 is 24.2 Å². The maximum Gasteiger partial charge on any atom is 0.345 e. The summed E-state index contributed by atoms with van der Waals surface area (Å²) >= 11 is 0. The summed E-state index contributed by atoms with van der Waals surface area (Å²) in [5.74, 6) is -2.49. The Hall–Kier alpha value is -2.17. The lowest BCUT2D eigenvalue weighted by Gasteiger charge is -2.06. The van der Waals surface area contributed by atoms with Gasteiger partial charge in [-0.05, 0) is 31.0 Å². The average Bonchev–Trinajstić information content (AvgIpc) is 2.47. The summed E-state index contributed by atoms with van der Waals surface area (Å²) in [6.45, 7) is 3.75. The van der Waals surface area contributed by atoms with Crippen molar-refractivity contribution in [3.8, 4) is 0 Å². The smallest absolute Gasteiger partial charge is 0.345 e. The molecule has 0 aromatic heterocycles. The van der Waals surface area contributed by atoms with E-state index in [9.17, 15) is 14.4 Å². The fraction of sp³-hybridized carbons (Fsp3) is 0.471. The monoisotopic (exact) mass is 306 g/mol. The molecule has 0 aliphatic heterocycles. The maximum atomic E-state index is 11.8. The third-order valence-electron chi connectivity index (χ3n) is 3.39. The summed E-state index contributed by atoms with van der Waals surface area (Å²) in [4.78, 5) is 34.5. The topological polar surface area (TPSA) is 80.7 Å². The lowest BCUT2D eigenvalue weighted by molar-refractivity contribution is -0.138. The normalized spacial score (nSPS) is 10.3. The van der Waals surface area contributed by atoms with Crippen LogP contribution < -0.4 is 0 Å². The first-order valence-electron chi connectivity index (χ1n) is 7.54. The van der Waals surface area contributed by atoms with Crippen LogP contribution in [-0.2, 0) is 9.53 Å². The molecule has 5 heteroatoms. The van der Waals surface area contributed by atoms with E-state index in [0.29, 0.717) is 12.0 Å². The summed E-state index contributed by atoms with van der Waals surface area (Å²) in [6, 6.07) is 4.21. The SMILES string of the molecule is CCCCCCCC(=O)OC(=O)c1ccc(C)c(C(=O)O)c1. The number of rotatable bonds is 8. The Morgan fingerprint density at radius 2 is 1.77 bits per heavy atom. The highest BCUT2D eigenvalue weighted by atomic mass is 16.6. The van der Waals surface area contributed by atoms with E-state index in [-0.39, 0.29) is 17.5 Å². The molecular weight excluding hydrogens is 284 g/mol. The van der Waals surface area contributed by atoms with Crippen LogP contribution in [-0.4, -0.2) is 23.0 Å². The minimum Gasteiger partial charge on any atom is -0.478 e. The predicted octanol–water partition coefficient (Wildman–Crippen LogP) is 3.74. The van der Waals surface area contributed by atoms with E-state index in [1.807, 2.05) is 0 Å². The third-order valence-corrected chi connectivity index (χ3v) is 3.39. The largest absolute Gasteiger partial charge is 0.478 e. The van der Waals surface area contributed by atoms with Crippen LogP contribution >= 0.6 is 0 Å². The number of carboxylic acids is 1. The van der Waals surface area contributed by atoms with Crippen LogP contribution in [0.15, 0.2) is 18.2 Å². The summed E-state index contributed by atoms with van der Waals surface area (Å²) in [5.41, 5.74) is 0.648. The third kappa shape index (κ3) is 5.68. The number of hydrogen-bond donors (Lipinski definition) is 1. The molecule has 0 bridgehead atoms. The fourth-order valence-corrected chi connectivity index (χ4v) is 2.07. The summed E-state index contributed by atoms with van der Waals surface area (Å²) in [7, 11) is 0. The van der Waals surface area contributed by atoms with Crippen LogP contribution in [0.25, 0.3) is 0 Å². The van der Waals surface area contributed by atoms with Gasteiger partial charge in [-0.15, -0.1) is 0 Å². The molecule has 0 atom stereocenters. The van der Waals surface area contributed by atoms with Crippen LogP contribution in [0.1, 0.15) is 71.7 Å². The molecule has 0 amide bonds. The van der Waals surface area contributed by atoms with Crippen LogP contribution in [0.3, 0.4) is 0 Å². The second-order valence-corrected chi connectivity index (χ2v) is 5.26. The molecule has 0 fully saturated rings. The van der Waals surface area contributed by atoms with Gasteiger partial charge in [0.1, 0.15) is 0 Å². The molecule has 0 radical (unpaired) electrons. The van der Waals surface area contributed by atoms with E-state index >= 15 is 0 Å². The summed E-state index contributed by atoms with van der Waals surface area (Å²) in [6.07, 6.45) is 5.16. The van der Waals surface area contributed by atoms with E-state index < -0.39 is 17.9 Å². The lowest BCUT2D eigenvalue weighted by atomic mass is 10.1. The van der Waals surface area contributed by atoms with Crippen molar-refractivity contribution in [3.05, 3.63) is 34.9 Å². The Bertz CT molecular complexity index is 548. The zero-order chi connectivity index (χ0) is 16.5. The Morgan fingerprint density at radius 1 is 1.09 bits per heavy atom. The highest BCUT2D eigenvalue weighted by Gasteiger charge is 2.16. The zero-order valence-electron chi connectivity index (χ0n) is 13.1. The van der Waals surface area contributed by atoms with Crippen molar-refractivity contribution in [1.82, 2.24) is 0 Å². The first-order chi connectivity index (χ1) is 10.5. The van der Waals surface area contributed by atoms with Crippen molar-refractivity contribution in [2.45, 2.75) is 52.4 Å². The Kier molecular flexibility index (Phi) is 7.29. The van der Waals surface area contributed by atoms with Crippen LogP contribution in [0.2, 0.25) is 0 Å². The minimum absolute atomic E-state index is 0.0291. The van der Waals surface area contributed by atoms with Gasteiger partial charge in [0.15, 0.2) is 0 Å². The molecule has 22 heavy (non-hydrogen) atoms. The first-order valence-corrected chi connectivity index (χ1v) is 7.54. The number of esters is 2.